The summed E-state index contributed by atoms with van der Waals surface area (Å²) < 4.78 is 15.5. The molecule has 4 aromatic carbocycles. The van der Waals surface area contributed by atoms with Gasteiger partial charge in [0, 0.05) is 44.9 Å². The predicted octanol–water partition coefficient (Wildman–Crippen LogP) is 6.93. The molecule has 6 nitrogen and oxygen atoms in total. The minimum absolute atomic E-state index is 0.0855. The molecular formula is C38H28O6S. The second-order valence-electron chi connectivity index (χ2n) is 9.34. The fourth-order valence-electron chi connectivity index (χ4n) is 3.74. The van der Waals surface area contributed by atoms with Crippen molar-refractivity contribution in [2.45, 2.75) is 11.8 Å². The minimum atomic E-state index is -0.509. The van der Waals surface area contributed by atoms with Gasteiger partial charge in [-0.2, -0.15) is 0 Å². The Balaban J connectivity index is 1.30. The van der Waals surface area contributed by atoms with Gasteiger partial charge in [-0.15, -0.1) is 0 Å². The van der Waals surface area contributed by atoms with Crippen molar-refractivity contribution in [3.05, 3.63) is 150 Å². The van der Waals surface area contributed by atoms with Gasteiger partial charge < -0.3 is 14.2 Å². The Bertz CT molecular complexity index is 1830. The first-order chi connectivity index (χ1) is 21.8. The van der Waals surface area contributed by atoms with E-state index in [0.717, 1.165) is 56.6 Å². The number of hydrogen-bond donors (Lipinski definition) is 0. The van der Waals surface area contributed by atoms with Crippen LogP contribution in [-0.2, 0) is 14.3 Å². The Morgan fingerprint density at radius 2 is 1.18 bits per heavy atom. The van der Waals surface area contributed by atoms with Gasteiger partial charge in [-0.1, -0.05) is 36.8 Å². The zero-order chi connectivity index (χ0) is 32.0. The lowest BCUT2D eigenvalue weighted by Crippen LogP contribution is -2.10. The number of ether oxygens (including phenoxy) is 3. The summed E-state index contributed by atoms with van der Waals surface area (Å²) >= 11 is 1.16. The van der Waals surface area contributed by atoms with Gasteiger partial charge in [-0.05, 0) is 115 Å². The van der Waals surface area contributed by atoms with Crippen molar-refractivity contribution in [3.8, 4) is 35.2 Å². The Morgan fingerprint density at radius 3 is 1.73 bits per heavy atom. The van der Waals surface area contributed by atoms with Gasteiger partial charge in [0.15, 0.2) is 0 Å². The summed E-state index contributed by atoms with van der Waals surface area (Å²) in [6.45, 7) is 8.98. The smallest absolute Gasteiger partial charge is 0.335 e. The highest BCUT2D eigenvalue weighted by Crippen LogP contribution is 2.27. The zero-order valence-electron chi connectivity index (χ0n) is 24.5. The molecule has 4 aromatic rings. The van der Waals surface area contributed by atoms with Crippen LogP contribution in [0.5, 0.6) is 11.5 Å². The Kier molecular flexibility index (Phi) is 11.6. The summed E-state index contributed by atoms with van der Waals surface area (Å²) in [7, 11) is 0. The predicted molar refractivity (Wildman–Crippen MR) is 175 cm³/mol. The fourth-order valence-corrected chi connectivity index (χ4v) is 4.55. The van der Waals surface area contributed by atoms with Gasteiger partial charge >= 0.3 is 11.9 Å². The molecule has 7 heteroatoms. The lowest BCUT2D eigenvalue weighted by Gasteiger charge is -2.08. The van der Waals surface area contributed by atoms with Gasteiger partial charge in [0.1, 0.15) is 24.7 Å². The van der Waals surface area contributed by atoms with Crippen LogP contribution in [0.4, 0.5) is 0 Å². The monoisotopic (exact) mass is 612 g/mol. The van der Waals surface area contributed by atoms with Crippen LogP contribution >= 0.6 is 11.8 Å². The highest BCUT2D eigenvalue weighted by molar-refractivity contribution is 8.14. The van der Waals surface area contributed by atoms with E-state index in [2.05, 4.69) is 36.8 Å². The number of esters is 2. The van der Waals surface area contributed by atoms with Crippen molar-refractivity contribution < 1.29 is 28.6 Å². The SMILES string of the molecule is C=CC(=O)OCCOc1ccc(C(=O)Sc2ccc(C#Cc3ccc(C#Cc4ccc(OC(=O)C=C)cc4)cc3)cc2C)cc1. The highest BCUT2D eigenvalue weighted by atomic mass is 32.2. The molecule has 0 heterocycles. The molecule has 0 aliphatic rings. The molecule has 0 atom stereocenters. The average molecular weight is 613 g/mol. The van der Waals surface area contributed by atoms with Crippen molar-refractivity contribution >= 4 is 28.8 Å². The topological polar surface area (TPSA) is 78.9 Å². The summed E-state index contributed by atoms with van der Waals surface area (Å²) in [5.74, 6) is 12.6. The van der Waals surface area contributed by atoms with E-state index < -0.39 is 11.9 Å². The van der Waals surface area contributed by atoms with Crippen LogP contribution in [0.15, 0.2) is 121 Å². The van der Waals surface area contributed by atoms with E-state index in [0.29, 0.717) is 17.1 Å². The van der Waals surface area contributed by atoms with Crippen molar-refractivity contribution in [3.63, 3.8) is 0 Å². The standard InChI is InChI=1S/C38H28O6S/c1-4-36(39)43-25-24-42-33-21-17-32(18-22-33)38(41)45-35-23-16-31(26-27(35)3)13-12-29-8-6-28(7-9-29)10-11-30-14-19-34(20-15-30)44-37(40)5-2/h4-9,14-23,26H,1-2,24-25H2,3H3. The number of rotatable bonds is 9. The maximum atomic E-state index is 12.9. The first kappa shape index (κ1) is 32.2. The number of carbonyl (C=O) groups excluding carboxylic acids is 3. The Labute approximate surface area is 266 Å². The van der Waals surface area contributed by atoms with E-state index in [-0.39, 0.29) is 18.3 Å². The van der Waals surface area contributed by atoms with Crippen molar-refractivity contribution in [2.24, 2.45) is 0 Å². The molecule has 0 aliphatic carbocycles. The second-order valence-corrected chi connectivity index (χ2v) is 10.4. The molecular weight excluding hydrogens is 584 g/mol. The molecule has 0 radical (unpaired) electrons. The van der Waals surface area contributed by atoms with Crippen LogP contribution in [0.3, 0.4) is 0 Å². The first-order valence-electron chi connectivity index (χ1n) is 13.8. The molecule has 0 aromatic heterocycles. The minimum Gasteiger partial charge on any atom is -0.490 e. The van der Waals surface area contributed by atoms with Crippen LogP contribution < -0.4 is 9.47 Å². The maximum absolute atomic E-state index is 12.9. The summed E-state index contributed by atoms with van der Waals surface area (Å²) in [6, 6.07) is 27.2. The molecule has 4 rings (SSSR count). The highest BCUT2D eigenvalue weighted by Gasteiger charge is 2.11. The molecule has 0 saturated heterocycles. The number of benzene rings is 4. The quantitative estimate of drug-likeness (QED) is 0.0507. The number of carbonyl (C=O) groups is 3. The summed E-state index contributed by atoms with van der Waals surface area (Å²) in [5, 5.41) is -0.0855. The molecule has 222 valence electrons. The van der Waals surface area contributed by atoms with Crippen molar-refractivity contribution in [1.82, 2.24) is 0 Å². The van der Waals surface area contributed by atoms with Gasteiger partial charge in [0.2, 0.25) is 5.12 Å². The van der Waals surface area contributed by atoms with Crippen LogP contribution in [0.25, 0.3) is 0 Å². The van der Waals surface area contributed by atoms with Crippen LogP contribution in [0.2, 0.25) is 0 Å². The number of hydrogen-bond acceptors (Lipinski definition) is 7. The molecule has 0 amide bonds. The molecule has 0 spiro atoms. The molecule has 0 unspecified atom stereocenters. The summed E-state index contributed by atoms with van der Waals surface area (Å²) in [5.41, 5.74) is 4.83. The fraction of sp³-hybridized carbons (Fsp3) is 0.0789. The third-order valence-corrected chi connectivity index (χ3v) is 7.16. The lowest BCUT2D eigenvalue weighted by atomic mass is 10.1. The van der Waals surface area contributed by atoms with E-state index in [4.69, 9.17) is 14.2 Å². The van der Waals surface area contributed by atoms with E-state index >= 15 is 0 Å². The van der Waals surface area contributed by atoms with Gasteiger partial charge in [0.05, 0.1) is 0 Å². The third kappa shape index (κ3) is 10.2. The maximum Gasteiger partial charge on any atom is 0.335 e. The Hall–Kier alpha value is -5.76. The number of thioether (sulfide) groups is 1. The molecule has 0 aliphatic heterocycles. The van der Waals surface area contributed by atoms with E-state index in [1.54, 1.807) is 48.5 Å². The lowest BCUT2D eigenvalue weighted by molar-refractivity contribution is -0.138. The summed E-state index contributed by atoms with van der Waals surface area (Å²) in [6.07, 6.45) is 2.21. The first-order valence-corrected chi connectivity index (χ1v) is 14.6. The van der Waals surface area contributed by atoms with Crippen molar-refractivity contribution in [2.75, 3.05) is 13.2 Å². The number of aryl methyl sites for hydroxylation is 1. The van der Waals surface area contributed by atoms with E-state index in [9.17, 15) is 14.4 Å². The van der Waals surface area contributed by atoms with E-state index in [1.807, 2.05) is 49.4 Å². The molecule has 0 N–H and O–H groups in total. The van der Waals surface area contributed by atoms with Crippen LogP contribution in [0.1, 0.15) is 38.2 Å². The average Bonchev–Trinajstić information content (AvgIpc) is 3.07. The van der Waals surface area contributed by atoms with Gasteiger partial charge in [-0.3, -0.25) is 4.79 Å². The second kappa shape index (κ2) is 16.2. The third-order valence-electron chi connectivity index (χ3n) is 6.06. The van der Waals surface area contributed by atoms with Gasteiger partial charge in [-0.25, -0.2) is 9.59 Å². The van der Waals surface area contributed by atoms with Crippen LogP contribution in [-0.4, -0.2) is 30.3 Å². The molecule has 0 bridgehead atoms. The van der Waals surface area contributed by atoms with E-state index in [1.165, 1.54) is 0 Å². The Morgan fingerprint density at radius 1 is 0.667 bits per heavy atom. The summed E-state index contributed by atoms with van der Waals surface area (Å²) in [4.78, 5) is 36.1. The van der Waals surface area contributed by atoms with Crippen molar-refractivity contribution in [1.29, 1.82) is 0 Å². The van der Waals surface area contributed by atoms with Crippen LogP contribution in [0, 0.1) is 30.6 Å². The normalized spacial score (nSPS) is 9.80. The zero-order valence-corrected chi connectivity index (χ0v) is 25.3. The molecule has 45 heavy (non-hydrogen) atoms. The molecule has 0 saturated carbocycles. The van der Waals surface area contributed by atoms with Gasteiger partial charge in [0.25, 0.3) is 0 Å². The largest absolute Gasteiger partial charge is 0.490 e. The molecule has 0 fully saturated rings.